The van der Waals surface area contributed by atoms with Gasteiger partial charge in [-0.1, -0.05) is 70.4 Å². The first-order valence-corrected chi connectivity index (χ1v) is 8.01. The molecule has 0 saturated carbocycles. The van der Waals surface area contributed by atoms with Crippen LogP contribution in [0.5, 0.6) is 11.8 Å². The molecule has 0 bridgehead atoms. The Kier molecular flexibility index (Phi) is 8.68. The molecule has 1 rings (SSSR count). The van der Waals surface area contributed by atoms with Gasteiger partial charge < -0.3 is 10.2 Å². The van der Waals surface area contributed by atoms with Gasteiger partial charge in [0.2, 0.25) is 0 Å². The number of nitrogens with one attached hydrogen (secondary N) is 1. The normalized spacial score (nSPS) is 11.4. The van der Waals surface area contributed by atoms with Gasteiger partial charge in [-0.15, -0.1) is 0 Å². The second-order valence-electron chi connectivity index (χ2n) is 5.48. The Morgan fingerprint density at radius 2 is 1.55 bits per heavy atom. The van der Waals surface area contributed by atoms with Gasteiger partial charge in [0.25, 0.3) is 0 Å². The molecule has 1 aromatic rings. The molecule has 0 aliphatic heterocycles. The highest BCUT2D eigenvalue weighted by atomic mass is 16.3. The molecule has 3 nitrogen and oxygen atoms in total. The summed E-state index contributed by atoms with van der Waals surface area (Å²) in [7, 11) is 0. The fourth-order valence-electron chi connectivity index (χ4n) is 2.36. The Morgan fingerprint density at radius 1 is 0.950 bits per heavy atom. The highest BCUT2D eigenvalue weighted by Gasteiger charge is 2.01. The first-order valence-electron chi connectivity index (χ1n) is 8.01. The van der Waals surface area contributed by atoms with E-state index in [1.54, 1.807) is 0 Å². The summed E-state index contributed by atoms with van der Waals surface area (Å²) >= 11 is 0. The van der Waals surface area contributed by atoms with E-state index in [9.17, 15) is 5.11 Å². The minimum absolute atomic E-state index is 0.00484. The second-order valence-corrected chi connectivity index (χ2v) is 5.48. The molecular weight excluding hydrogens is 250 g/mol. The number of hydrogen-bond donors (Lipinski definition) is 3. The number of aromatic hydroxyl groups is 2. The van der Waals surface area contributed by atoms with E-state index in [0.29, 0.717) is 5.56 Å². The van der Waals surface area contributed by atoms with Crippen molar-refractivity contribution in [3.05, 3.63) is 17.7 Å². The Labute approximate surface area is 122 Å². The first-order chi connectivity index (χ1) is 9.74. The molecule has 0 spiro atoms. The molecule has 0 saturated heterocycles. The highest BCUT2D eigenvalue weighted by Crippen LogP contribution is 2.23. The highest BCUT2D eigenvalue weighted by molar-refractivity contribution is 5.56. The fourth-order valence-corrected chi connectivity index (χ4v) is 2.36. The molecule has 0 atom stereocenters. The van der Waals surface area contributed by atoms with Crippen molar-refractivity contribution in [1.29, 1.82) is 0 Å². The number of allylic oxidation sites excluding steroid dienone is 1. The van der Waals surface area contributed by atoms with Crippen molar-refractivity contribution in [2.45, 2.75) is 71.1 Å². The van der Waals surface area contributed by atoms with Gasteiger partial charge >= 0.3 is 0 Å². The number of hydrogen-bond acceptors (Lipinski definition) is 2. The van der Waals surface area contributed by atoms with Gasteiger partial charge in [-0.25, -0.2) is 0 Å². The SMILES string of the molecule is CCCCCCCCCCCC=Cc1cc(O)[nH]c1O. The maximum atomic E-state index is 9.43. The van der Waals surface area contributed by atoms with Crippen LogP contribution >= 0.6 is 0 Å². The number of aromatic nitrogens is 1. The number of rotatable bonds is 11. The van der Waals surface area contributed by atoms with Gasteiger partial charge in [0, 0.05) is 11.6 Å². The van der Waals surface area contributed by atoms with E-state index in [2.05, 4.69) is 18.0 Å². The standard InChI is InChI=1S/C17H29NO2/c1-2-3-4-5-6-7-8-9-10-11-12-13-15-14-16(19)18-17(15)20/h12-14,18-20H,2-11H2,1H3. The summed E-state index contributed by atoms with van der Waals surface area (Å²) in [4.78, 5) is 2.46. The minimum Gasteiger partial charge on any atom is -0.494 e. The van der Waals surface area contributed by atoms with Crippen molar-refractivity contribution in [1.82, 2.24) is 4.98 Å². The minimum atomic E-state index is 0.00484. The van der Waals surface area contributed by atoms with Gasteiger partial charge in [0.15, 0.2) is 11.8 Å². The molecule has 3 heteroatoms. The smallest absolute Gasteiger partial charge is 0.198 e. The quantitative estimate of drug-likeness (QED) is 0.477. The van der Waals surface area contributed by atoms with E-state index in [0.717, 1.165) is 6.42 Å². The van der Waals surface area contributed by atoms with Crippen LogP contribution in [0.2, 0.25) is 0 Å². The van der Waals surface area contributed by atoms with Crippen molar-refractivity contribution < 1.29 is 10.2 Å². The van der Waals surface area contributed by atoms with E-state index in [1.807, 2.05) is 6.08 Å². The summed E-state index contributed by atoms with van der Waals surface area (Å²) in [6.07, 6.45) is 17.0. The Morgan fingerprint density at radius 3 is 2.10 bits per heavy atom. The van der Waals surface area contributed by atoms with Crippen LogP contribution in [0, 0.1) is 0 Å². The van der Waals surface area contributed by atoms with Crippen molar-refractivity contribution in [2.75, 3.05) is 0 Å². The fraction of sp³-hybridized carbons (Fsp3) is 0.647. The maximum absolute atomic E-state index is 9.43. The molecule has 3 N–H and O–H groups in total. The maximum Gasteiger partial charge on any atom is 0.198 e. The van der Waals surface area contributed by atoms with Crippen molar-refractivity contribution in [3.8, 4) is 11.8 Å². The summed E-state index contributed by atoms with van der Waals surface area (Å²) in [6.45, 7) is 2.25. The molecular formula is C17H29NO2. The zero-order valence-electron chi connectivity index (χ0n) is 12.7. The largest absolute Gasteiger partial charge is 0.494 e. The monoisotopic (exact) mass is 279 g/mol. The lowest BCUT2D eigenvalue weighted by atomic mass is 10.1. The van der Waals surface area contributed by atoms with Gasteiger partial charge in [0.1, 0.15) is 0 Å². The third kappa shape index (κ3) is 7.27. The number of H-pyrrole nitrogens is 1. The third-order valence-electron chi connectivity index (χ3n) is 3.58. The van der Waals surface area contributed by atoms with Crippen molar-refractivity contribution in [2.24, 2.45) is 0 Å². The predicted octanol–water partition coefficient (Wildman–Crippen LogP) is 5.36. The Bertz CT molecular complexity index is 382. The van der Waals surface area contributed by atoms with Gasteiger partial charge in [-0.2, -0.15) is 0 Å². The lowest BCUT2D eigenvalue weighted by molar-refractivity contribution is 0.425. The van der Waals surface area contributed by atoms with Gasteiger partial charge in [0.05, 0.1) is 0 Å². The van der Waals surface area contributed by atoms with Gasteiger partial charge in [-0.3, -0.25) is 4.98 Å². The summed E-state index contributed by atoms with van der Waals surface area (Å²) < 4.78 is 0. The Balaban J connectivity index is 1.96. The lowest BCUT2D eigenvalue weighted by Crippen LogP contribution is -1.80. The summed E-state index contributed by atoms with van der Waals surface area (Å²) in [5.74, 6) is 0.0380. The summed E-state index contributed by atoms with van der Waals surface area (Å²) in [6, 6.07) is 1.53. The van der Waals surface area contributed by atoms with E-state index in [-0.39, 0.29) is 11.8 Å². The molecule has 0 radical (unpaired) electrons. The molecule has 0 unspecified atom stereocenters. The Hall–Kier alpha value is -1.38. The molecule has 1 aromatic heterocycles. The molecule has 0 fully saturated rings. The number of unbranched alkanes of at least 4 members (excludes halogenated alkanes) is 9. The molecule has 0 aliphatic carbocycles. The molecule has 20 heavy (non-hydrogen) atoms. The second kappa shape index (κ2) is 10.4. The van der Waals surface area contributed by atoms with Gasteiger partial charge in [-0.05, 0) is 12.8 Å². The third-order valence-corrected chi connectivity index (χ3v) is 3.58. The van der Waals surface area contributed by atoms with Crippen LogP contribution in [0.3, 0.4) is 0 Å². The molecule has 0 aromatic carbocycles. The van der Waals surface area contributed by atoms with Crippen LogP contribution in [-0.2, 0) is 0 Å². The summed E-state index contributed by atoms with van der Waals surface area (Å²) in [5, 5.41) is 18.6. The van der Waals surface area contributed by atoms with Crippen molar-refractivity contribution >= 4 is 6.08 Å². The summed E-state index contributed by atoms with van der Waals surface area (Å²) in [5.41, 5.74) is 0.651. The first kappa shape index (κ1) is 16.7. The average molecular weight is 279 g/mol. The van der Waals surface area contributed by atoms with E-state index < -0.39 is 0 Å². The van der Waals surface area contributed by atoms with E-state index >= 15 is 0 Å². The topological polar surface area (TPSA) is 56.2 Å². The van der Waals surface area contributed by atoms with Crippen LogP contribution in [0.15, 0.2) is 12.1 Å². The number of aromatic amines is 1. The molecule has 0 amide bonds. The molecule has 1 heterocycles. The van der Waals surface area contributed by atoms with Crippen LogP contribution in [0.25, 0.3) is 6.08 Å². The van der Waals surface area contributed by atoms with Crippen LogP contribution in [0.1, 0.15) is 76.7 Å². The zero-order chi connectivity index (χ0) is 14.6. The van der Waals surface area contributed by atoms with Crippen LogP contribution < -0.4 is 0 Å². The van der Waals surface area contributed by atoms with Crippen LogP contribution in [-0.4, -0.2) is 15.2 Å². The zero-order valence-corrected chi connectivity index (χ0v) is 12.7. The lowest BCUT2D eigenvalue weighted by Gasteiger charge is -2.00. The predicted molar refractivity (Wildman–Crippen MR) is 85.0 cm³/mol. The molecule has 0 aliphatic rings. The van der Waals surface area contributed by atoms with Crippen molar-refractivity contribution in [3.63, 3.8) is 0 Å². The molecule has 114 valence electrons. The van der Waals surface area contributed by atoms with E-state index in [1.165, 1.54) is 63.9 Å². The van der Waals surface area contributed by atoms with E-state index in [4.69, 9.17) is 5.11 Å². The van der Waals surface area contributed by atoms with Crippen LogP contribution in [0.4, 0.5) is 0 Å². The average Bonchev–Trinajstić information content (AvgIpc) is 2.74.